The summed E-state index contributed by atoms with van der Waals surface area (Å²) in [7, 11) is 0. The Morgan fingerprint density at radius 3 is 2.67 bits per heavy atom. The number of amides is 1. The number of likely N-dealkylation sites (tertiary alicyclic amines) is 1. The molecule has 4 nitrogen and oxygen atoms in total. The summed E-state index contributed by atoms with van der Waals surface area (Å²) in [6.45, 7) is 2.81. The normalized spacial score (nSPS) is 15.9. The molecule has 1 aliphatic rings. The van der Waals surface area contributed by atoms with Gasteiger partial charge in [0.2, 0.25) is 5.91 Å². The number of carbonyl (C=O) groups is 1. The number of hydrogen-bond donors (Lipinski definition) is 1. The lowest BCUT2D eigenvalue weighted by molar-refractivity contribution is -0.116. The third-order valence-electron chi connectivity index (χ3n) is 5.05. The minimum absolute atomic E-state index is 0.0106. The highest BCUT2D eigenvalue weighted by Crippen LogP contribution is 2.33. The van der Waals surface area contributed by atoms with E-state index in [4.69, 9.17) is 16.6 Å². The molecule has 0 spiro atoms. The number of anilines is 1. The van der Waals surface area contributed by atoms with Crippen molar-refractivity contribution in [1.82, 2.24) is 9.88 Å². The maximum atomic E-state index is 12.2. The number of aromatic nitrogens is 1. The van der Waals surface area contributed by atoms with Crippen LogP contribution in [0.2, 0.25) is 5.02 Å². The molecule has 0 bridgehead atoms. The van der Waals surface area contributed by atoms with Gasteiger partial charge in [-0.2, -0.15) is 0 Å². The van der Waals surface area contributed by atoms with Gasteiger partial charge in [0.05, 0.1) is 25.9 Å². The van der Waals surface area contributed by atoms with Gasteiger partial charge in [0.25, 0.3) is 0 Å². The van der Waals surface area contributed by atoms with E-state index in [1.54, 1.807) is 6.07 Å². The Kier molecular flexibility index (Phi) is 5.72. The second-order valence-electron chi connectivity index (χ2n) is 6.91. The fourth-order valence-electron chi connectivity index (χ4n) is 3.50. The molecule has 0 radical (unpaired) electrons. The third-order valence-corrected chi connectivity index (χ3v) is 6.58. The molecule has 0 atom stereocenters. The van der Waals surface area contributed by atoms with Crippen molar-refractivity contribution in [3.05, 3.63) is 58.6 Å². The van der Waals surface area contributed by atoms with Crippen molar-refractivity contribution < 1.29 is 4.79 Å². The Bertz CT molecular complexity index is 901. The number of nitrogens with zero attached hydrogens (tertiary/aromatic N) is 2. The van der Waals surface area contributed by atoms with Crippen molar-refractivity contribution in [1.29, 1.82) is 0 Å². The summed E-state index contributed by atoms with van der Waals surface area (Å²) in [5, 5.41) is 4.72. The molecule has 1 aliphatic heterocycles. The van der Waals surface area contributed by atoms with E-state index in [1.165, 1.54) is 9.71 Å². The van der Waals surface area contributed by atoms with Crippen LogP contribution in [-0.4, -0.2) is 35.4 Å². The van der Waals surface area contributed by atoms with Gasteiger partial charge in [-0.1, -0.05) is 35.9 Å². The van der Waals surface area contributed by atoms with E-state index in [2.05, 4.69) is 28.4 Å². The van der Waals surface area contributed by atoms with Gasteiger partial charge in [0, 0.05) is 18.9 Å². The molecule has 0 aliphatic carbocycles. The Hall–Kier alpha value is -1.95. The number of nitrogens with one attached hydrogen (secondary N) is 1. The summed E-state index contributed by atoms with van der Waals surface area (Å²) >= 11 is 7.91. The minimum atomic E-state index is 0.0106. The van der Waals surface area contributed by atoms with Gasteiger partial charge in [-0.25, -0.2) is 4.98 Å². The van der Waals surface area contributed by atoms with Gasteiger partial charge in [-0.3, -0.25) is 4.79 Å². The molecule has 1 saturated heterocycles. The van der Waals surface area contributed by atoms with E-state index in [9.17, 15) is 4.79 Å². The quantitative estimate of drug-likeness (QED) is 0.644. The average Bonchev–Trinajstić information content (AvgIpc) is 3.13. The number of benzene rings is 2. The van der Waals surface area contributed by atoms with Gasteiger partial charge >= 0.3 is 0 Å². The molecule has 0 unspecified atom stereocenters. The summed E-state index contributed by atoms with van der Waals surface area (Å²) in [5.74, 6) is 0.548. The van der Waals surface area contributed by atoms with E-state index < -0.39 is 0 Å². The molecule has 3 aromatic rings. The van der Waals surface area contributed by atoms with Crippen LogP contribution in [0.3, 0.4) is 0 Å². The summed E-state index contributed by atoms with van der Waals surface area (Å²) in [5.41, 5.74) is 1.79. The average molecular weight is 400 g/mol. The SMILES string of the molecule is O=C(CCN1CCC(c2nc3ccccc3s2)CC1)Nc1ccccc1Cl. The summed E-state index contributed by atoms with van der Waals surface area (Å²) in [4.78, 5) is 19.4. The van der Waals surface area contributed by atoms with E-state index in [0.717, 1.165) is 38.0 Å². The van der Waals surface area contributed by atoms with E-state index >= 15 is 0 Å². The van der Waals surface area contributed by atoms with Crippen LogP contribution in [0.25, 0.3) is 10.2 Å². The zero-order chi connectivity index (χ0) is 18.6. The van der Waals surface area contributed by atoms with Gasteiger partial charge in [-0.05, 0) is 50.2 Å². The summed E-state index contributed by atoms with van der Waals surface area (Å²) in [6, 6.07) is 15.7. The second-order valence-corrected chi connectivity index (χ2v) is 8.38. The fourth-order valence-corrected chi connectivity index (χ4v) is 4.82. The topological polar surface area (TPSA) is 45.2 Å². The monoisotopic (exact) mass is 399 g/mol. The van der Waals surface area contributed by atoms with E-state index in [1.807, 2.05) is 35.6 Å². The van der Waals surface area contributed by atoms with Crippen molar-refractivity contribution >= 4 is 44.7 Å². The van der Waals surface area contributed by atoms with Crippen LogP contribution in [-0.2, 0) is 4.79 Å². The van der Waals surface area contributed by atoms with Crippen molar-refractivity contribution in [3.63, 3.8) is 0 Å². The number of halogens is 1. The lowest BCUT2D eigenvalue weighted by Gasteiger charge is -2.30. The van der Waals surface area contributed by atoms with Crippen LogP contribution < -0.4 is 5.32 Å². The molecule has 0 saturated carbocycles. The Morgan fingerprint density at radius 2 is 1.89 bits per heavy atom. The first-order chi connectivity index (χ1) is 13.2. The highest BCUT2D eigenvalue weighted by atomic mass is 35.5. The maximum Gasteiger partial charge on any atom is 0.225 e. The fraction of sp³-hybridized carbons (Fsp3) is 0.333. The number of rotatable bonds is 5. The molecule has 27 heavy (non-hydrogen) atoms. The number of hydrogen-bond acceptors (Lipinski definition) is 4. The predicted molar refractivity (Wildman–Crippen MR) is 113 cm³/mol. The van der Waals surface area contributed by atoms with Crippen molar-refractivity contribution in [3.8, 4) is 0 Å². The maximum absolute atomic E-state index is 12.2. The van der Waals surface area contributed by atoms with Gasteiger partial charge < -0.3 is 10.2 Å². The first-order valence-electron chi connectivity index (χ1n) is 9.31. The zero-order valence-corrected chi connectivity index (χ0v) is 16.6. The summed E-state index contributed by atoms with van der Waals surface area (Å²) < 4.78 is 1.27. The Labute approximate surface area is 168 Å². The van der Waals surface area contributed by atoms with Gasteiger partial charge in [-0.15, -0.1) is 11.3 Å². The minimum Gasteiger partial charge on any atom is -0.325 e. The Morgan fingerprint density at radius 1 is 1.15 bits per heavy atom. The Balaban J connectivity index is 1.26. The summed E-state index contributed by atoms with van der Waals surface area (Å²) in [6.07, 6.45) is 2.69. The van der Waals surface area contributed by atoms with Crippen LogP contribution in [0.5, 0.6) is 0 Å². The third kappa shape index (κ3) is 4.49. The largest absolute Gasteiger partial charge is 0.325 e. The predicted octanol–water partition coefficient (Wildman–Crippen LogP) is 5.16. The molecule has 2 aromatic carbocycles. The number of piperidine rings is 1. The van der Waals surface area contributed by atoms with Crippen molar-refractivity contribution in [2.45, 2.75) is 25.2 Å². The first-order valence-corrected chi connectivity index (χ1v) is 10.5. The van der Waals surface area contributed by atoms with Gasteiger partial charge in [0.1, 0.15) is 0 Å². The first kappa shape index (κ1) is 18.4. The molecule has 6 heteroatoms. The molecule has 1 aromatic heterocycles. The van der Waals surface area contributed by atoms with Gasteiger partial charge in [0.15, 0.2) is 0 Å². The molecule has 4 rings (SSSR count). The van der Waals surface area contributed by atoms with E-state index in [-0.39, 0.29) is 5.91 Å². The number of para-hydroxylation sites is 2. The molecule has 1 amide bonds. The molecular weight excluding hydrogens is 378 g/mol. The molecule has 140 valence electrons. The molecule has 2 heterocycles. The highest BCUT2D eigenvalue weighted by Gasteiger charge is 2.23. The van der Waals surface area contributed by atoms with Crippen molar-refractivity contribution in [2.75, 3.05) is 25.0 Å². The van der Waals surface area contributed by atoms with Crippen LogP contribution in [0, 0.1) is 0 Å². The number of fused-ring (bicyclic) bond motifs is 1. The van der Waals surface area contributed by atoms with Crippen LogP contribution in [0.15, 0.2) is 48.5 Å². The van der Waals surface area contributed by atoms with Crippen molar-refractivity contribution in [2.24, 2.45) is 0 Å². The lowest BCUT2D eigenvalue weighted by atomic mass is 9.97. The molecular formula is C21H22ClN3OS. The highest BCUT2D eigenvalue weighted by molar-refractivity contribution is 7.18. The smallest absolute Gasteiger partial charge is 0.225 e. The van der Waals surface area contributed by atoms with Crippen LogP contribution >= 0.6 is 22.9 Å². The number of carbonyl (C=O) groups excluding carboxylic acids is 1. The molecule has 1 N–H and O–H groups in total. The molecule has 1 fully saturated rings. The lowest BCUT2D eigenvalue weighted by Crippen LogP contribution is -2.35. The standard InChI is InChI=1S/C21H22ClN3OS/c22-16-5-1-2-6-17(16)23-20(26)11-14-25-12-9-15(10-13-25)21-24-18-7-3-4-8-19(18)27-21/h1-8,15H,9-14H2,(H,23,26). The number of thiazole rings is 1. The second kappa shape index (κ2) is 8.38. The zero-order valence-electron chi connectivity index (χ0n) is 15.0. The van der Waals surface area contributed by atoms with Crippen LogP contribution in [0.4, 0.5) is 5.69 Å². The van der Waals surface area contributed by atoms with Crippen LogP contribution in [0.1, 0.15) is 30.2 Å². The van der Waals surface area contributed by atoms with E-state index in [0.29, 0.717) is 23.0 Å².